The first kappa shape index (κ1) is 19.4. The lowest BCUT2D eigenvalue weighted by molar-refractivity contribution is -0.0550. The zero-order chi connectivity index (χ0) is 17.7. The van der Waals surface area contributed by atoms with Crippen LogP contribution in [0.3, 0.4) is 0 Å². The van der Waals surface area contributed by atoms with Crippen LogP contribution in [0.2, 0.25) is 0 Å². The summed E-state index contributed by atoms with van der Waals surface area (Å²) in [6.07, 6.45) is -3.39. The Morgan fingerprint density at radius 3 is 2.39 bits per heavy atom. The molecule has 9 nitrogen and oxygen atoms in total. The van der Waals surface area contributed by atoms with Gasteiger partial charge in [0.1, 0.15) is 6.10 Å². The minimum Gasteiger partial charge on any atom is -0.396 e. The molecule has 1 aromatic carbocycles. The van der Waals surface area contributed by atoms with Crippen molar-refractivity contribution in [1.29, 1.82) is 0 Å². The van der Waals surface area contributed by atoms with Crippen molar-refractivity contribution in [3.05, 3.63) is 40.3 Å². The summed E-state index contributed by atoms with van der Waals surface area (Å²) >= 11 is 0. The average Bonchev–Trinajstić information content (AvgIpc) is 2.52. The van der Waals surface area contributed by atoms with Crippen LogP contribution in [0.15, 0.2) is 34.3 Å². The van der Waals surface area contributed by atoms with Crippen molar-refractivity contribution < 1.29 is 27.9 Å². The molecular formula is C13H19N3O6S. The van der Waals surface area contributed by atoms with E-state index in [1.54, 1.807) is 19.1 Å². The van der Waals surface area contributed by atoms with Gasteiger partial charge in [0.15, 0.2) is 0 Å². The van der Waals surface area contributed by atoms with Gasteiger partial charge in [-0.05, 0) is 31.5 Å². The van der Waals surface area contributed by atoms with E-state index in [1.807, 2.05) is 0 Å². The van der Waals surface area contributed by atoms with Gasteiger partial charge in [0.2, 0.25) is 0 Å². The van der Waals surface area contributed by atoms with Crippen molar-refractivity contribution >= 4 is 10.1 Å². The number of aliphatic hydroxyl groups excluding tert-OH is 3. The molecule has 0 aromatic heterocycles. The van der Waals surface area contributed by atoms with Gasteiger partial charge in [0, 0.05) is 4.91 Å². The molecule has 1 aromatic rings. The molecule has 3 N–H and O–H groups in total. The zero-order valence-corrected chi connectivity index (χ0v) is 13.5. The largest absolute Gasteiger partial charge is 0.396 e. The van der Waals surface area contributed by atoms with Crippen LogP contribution in [0, 0.1) is 6.92 Å². The van der Waals surface area contributed by atoms with Gasteiger partial charge in [-0.25, -0.2) is 0 Å². The third kappa shape index (κ3) is 4.90. The minimum absolute atomic E-state index is 0.0928. The summed E-state index contributed by atoms with van der Waals surface area (Å²) in [5.74, 6) is 0. The number of rotatable bonds is 8. The molecule has 0 amide bonds. The van der Waals surface area contributed by atoms with Crippen LogP contribution < -0.4 is 0 Å². The molecule has 0 spiro atoms. The number of nitrogens with zero attached hydrogens (tertiary/aromatic N) is 3. The quantitative estimate of drug-likeness (QED) is 0.270. The first-order valence-corrected chi connectivity index (χ1v) is 8.06. The SMILES string of the molecule is Cc1ccc(S(=O)(=O)OC[C@@H](O)[C@H](O)[C@@](C)(CO)N=[N+]=[N-])cc1. The first-order chi connectivity index (χ1) is 10.7. The molecule has 0 radical (unpaired) electrons. The Hall–Kier alpha value is -1.68. The highest BCUT2D eigenvalue weighted by Crippen LogP contribution is 2.20. The molecule has 0 aliphatic rings. The van der Waals surface area contributed by atoms with E-state index in [9.17, 15) is 23.7 Å². The fourth-order valence-electron chi connectivity index (χ4n) is 1.72. The molecule has 1 rings (SSSR count). The molecule has 23 heavy (non-hydrogen) atoms. The van der Waals surface area contributed by atoms with E-state index in [2.05, 4.69) is 10.0 Å². The molecule has 0 bridgehead atoms. The number of hydrogen-bond acceptors (Lipinski definition) is 7. The van der Waals surface area contributed by atoms with E-state index in [0.717, 1.165) is 5.56 Å². The van der Waals surface area contributed by atoms with Crippen molar-refractivity contribution in [2.75, 3.05) is 13.2 Å². The van der Waals surface area contributed by atoms with Gasteiger partial charge in [-0.1, -0.05) is 22.8 Å². The Kier molecular flexibility index (Phi) is 6.51. The normalized spacial score (nSPS) is 16.9. The molecular weight excluding hydrogens is 326 g/mol. The van der Waals surface area contributed by atoms with Crippen LogP contribution in [0.5, 0.6) is 0 Å². The maximum atomic E-state index is 12.0. The maximum absolute atomic E-state index is 12.0. The van der Waals surface area contributed by atoms with Crippen LogP contribution in [0.1, 0.15) is 12.5 Å². The van der Waals surface area contributed by atoms with Gasteiger partial charge in [-0.15, -0.1) is 0 Å². The van der Waals surface area contributed by atoms with Gasteiger partial charge in [-0.3, -0.25) is 4.18 Å². The highest BCUT2D eigenvalue weighted by Gasteiger charge is 2.37. The molecule has 128 valence electrons. The van der Waals surface area contributed by atoms with E-state index in [0.29, 0.717) is 0 Å². The van der Waals surface area contributed by atoms with E-state index in [4.69, 9.17) is 9.71 Å². The van der Waals surface area contributed by atoms with E-state index < -0.39 is 41.1 Å². The number of benzene rings is 1. The summed E-state index contributed by atoms with van der Waals surface area (Å²) in [6, 6.07) is 5.88. The average molecular weight is 345 g/mol. The smallest absolute Gasteiger partial charge is 0.297 e. The minimum atomic E-state index is -4.11. The highest BCUT2D eigenvalue weighted by molar-refractivity contribution is 7.86. The molecule has 10 heteroatoms. The van der Waals surface area contributed by atoms with Crippen LogP contribution in [0.25, 0.3) is 10.4 Å². The van der Waals surface area contributed by atoms with Crippen LogP contribution >= 0.6 is 0 Å². The van der Waals surface area contributed by atoms with Crippen molar-refractivity contribution in [1.82, 2.24) is 0 Å². The Morgan fingerprint density at radius 2 is 1.91 bits per heavy atom. The summed E-state index contributed by atoms with van der Waals surface area (Å²) in [4.78, 5) is 2.39. The second-order valence-corrected chi connectivity index (χ2v) is 6.88. The molecule has 0 unspecified atom stereocenters. The molecule has 0 aliphatic heterocycles. The van der Waals surface area contributed by atoms with Gasteiger partial charge in [0.05, 0.1) is 29.8 Å². The maximum Gasteiger partial charge on any atom is 0.297 e. The van der Waals surface area contributed by atoms with Gasteiger partial charge in [0.25, 0.3) is 10.1 Å². The number of hydrogen-bond donors (Lipinski definition) is 3. The van der Waals surface area contributed by atoms with Crippen molar-refractivity contribution in [2.45, 2.75) is 36.5 Å². The summed E-state index contributed by atoms with van der Waals surface area (Å²) in [5, 5.41) is 32.1. The van der Waals surface area contributed by atoms with Crippen LogP contribution in [0.4, 0.5) is 0 Å². The molecule has 0 saturated carbocycles. The van der Waals surface area contributed by atoms with Crippen LogP contribution in [-0.2, 0) is 14.3 Å². The number of aliphatic hydroxyl groups is 3. The lowest BCUT2D eigenvalue weighted by Crippen LogP contribution is -2.49. The fraction of sp³-hybridized carbons (Fsp3) is 0.538. The lowest BCUT2D eigenvalue weighted by atomic mass is 9.93. The zero-order valence-electron chi connectivity index (χ0n) is 12.7. The second kappa shape index (κ2) is 7.73. The third-order valence-corrected chi connectivity index (χ3v) is 4.59. The van der Waals surface area contributed by atoms with Crippen molar-refractivity contribution in [3.63, 3.8) is 0 Å². The van der Waals surface area contributed by atoms with Gasteiger partial charge >= 0.3 is 0 Å². The predicted molar refractivity (Wildman–Crippen MR) is 81.0 cm³/mol. The second-order valence-electron chi connectivity index (χ2n) is 5.27. The topological polar surface area (TPSA) is 153 Å². The number of aryl methyl sites for hydroxylation is 1. The molecule has 0 heterocycles. The Balaban J connectivity index is 2.80. The highest BCUT2D eigenvalue weighted by atomic mass is 32.2. The first-order valence-electron chi connectivity index (χ1n) is 6.65. The summed E-state index contributed by atoms with van der Waals surface area (Å²) in [6.45, 7) is 1.52. The molecule has 3 atom stereocenters. The lowest BCUT2D eigenvalue weighted by Gasteiger charge is -2.30. The fourth-order valence-corrected chi connectivity index (χ4v) is 2.65. The Labute approximate surface area is 133 Å². The van der Waals surface area contributed by atoms with Crippen molar-refractivity contribution in [2.24, 2.45) is 5.11 Å². The van der Waals surface area contributed by atoms with E-state index in [1.165, 1.54) is 19.1 Å². The van der Waals surface area contributed by atoms with Crippen molar-refractivity contribution in [3.8, 4) is 0 Å². The standard InChI is InChI=1S/C13H19N3O6S/c1-9-3-5-10(6-4-9)23(20,21)22-7-11(18)12(19)13(2,8-17)15-16-14/h3-6,11-12,17-19H,7-8H2,1-2H3/t11-,12+,13-/m1/s1. The number of azide groups is 1. The molecule has 0 saturated heterocycles. The monoisotopic (exact) mass is 345 g/mol. The van der Waals surface area contributed by atoms with E-state index >= 15 is 0 Å². The Morgan fingerprint density at radius 1 is 1.35 bits per heavy atom. The van der Waals surface area contributed by atoms with E-state index in [-0.39, 0.29) is 4.90 Å². The third-order valence-electron chi connectivity index (χ3n) is 3.30. The van der Waals surface area contributed by atoms with Crippen LogP contribution in [-0.4, -0.2) is 54.7 Å². The van der Waals surface area contributed by atoms with Gasteiger partial charge in [-0.2, -0.15) is 8.42 Å². The summed E-state index contributed by atoms with van der Waals surface area (Å²) in [7, 11) is -4.11. The summed E-state index contributed by atoms with van der Waals surface area (Å²) in [5.41, 5.74) is 7.59. The summed E-state index contributed by atoms with van der Waals surface area (Å²) < 4.78 is 28.6. The Bertz CT molecular complexity index is 671. The predicted octanol–water partition coefficient (Wildman–Crippen LogP) is 0.483. The molecule has 0 fully saturated rings. The molecule has 0 aliphatic carbocycles. The van der Waals surface area contributed by atoms with Gasteiger partial charge < -0.3 is 15.3 Å².